The fourth-order valence-corrected chi connectivity index (χ4v) is 2.94. The second-order valence-electron chi connectivity index (χ2n) is 6.10. The van der Waals surface area contributed by atoms with E-state index in [1.54, 1.807) is 6.08 Å². The molecule has 1 fully saturated rings. The van der Waals surface area contributed by atoms with Crippen LogP contribution in [0.5, 0.6) is 0 Å². The number of benzene rings is 1. The number of aromatic nitrogens is 2. The van der Waals surface area contributed by atoms with Crippen molar-refractivity contribution in [3.63, 3.8) is 0 Å². The Kier molecular flexibility index (Phi) is 4.01. The molecular weight excluding hydrogens is 274 g/mol. The molecule has 1 aliphatic rings. The fraction of sp³-hybridized carbons (Fsp3) is 0.444. The minimum Gasteiger partial charge on any atom is -0.343 e. The van der Waals surface area contributed by atoms with Gasteiger partial charge in [-0.3, -0.25) is 4.79 Å². The maximum absolute atomic E-state index is 12.2. The molecule has 0 saturated heterocycles. The standard InChI is InChI=1S/C18H23N3O/c1-4-21-16-8-6-5-7-15(16)20-18(21)13(3)19-17(22)11-12(2)14-9-10-14/h5-8,11,13-14H,4,9-10H2,1-3H3,(H,19,22)/b12-11+. The van der Waals surface area contributed by atoms with Gasteiger partial charge in [0.1, 0.15) is 5.82 Å². The van der Waals surface area contributed by atoms with Crippen molar-refractivity contribution < 1.29 is 4.79 Å². The zero-order valence-corrected chi connectivity index (χ0v) is 13.5. The molecule has 3 rings (SSSR count). The molecule has 1 aliphatic carbocycles. The quantitative estimate of drug-likeness (QED) is 0.857. The number of allylic oxidation sites excluding steroid dienone is 1. The van der Waals surface area contributed by atoms with Crippen LogP contribution in [-0.4, -0.2) is 15.5 Å². The van der Waals surface area contributed by atoms with Crippen molar-refractivity contribution >= 4 is 16.9 Å². The number of aryl methyl sites for hydroxylation is 1. The number of fused-ring (bicyclic) bond motifs is 1. The Labute approximate surface area is 131 Å². The molecule has 0 aliphatic heterocycles. The third kappa shape index (κ3) is 2.91. The van der Waals surface area contributed by atoms with Crippen LogP contribution in [0.15, 0.2) is 35.9 Å². The minimum absolute atomic E-state index is 0.0217. The fourth-order valence-electron chi connectivity index (χ4n) is 2.94. The van der Waals surface area contributed by atoms with Crippen LogP contribution in [0.1, 0.15) is 45.5 Å². The molecule has 0 bridgehead atoms. The third-order valence-corrected chi connectivity index (χ3v) is 4.33. The predicted octanol–water partition coefficient (Wildman–Crippen LogP) is 3.59. The van der Waals surface area contributed by atoms with Gasteiger partial charge in [-0.1, -0.05) is 17.7 Å². The summed E-state index contributed by atoms with van der Waals surface area (Å²) in [4.78, 5) is 16.9. The first-order valence-corrected chi connectivity index (χ1v) is 8.04. The molecule has 22 heavy (non-hydrogen) atoms. The summed E-state index contributed by atoms with van der Waals surface area (Å²) < 4.78 is 2.16. The molecule has 116 valence electrons. The summed E-state index contributed by atoms with van der Waals surface area (Å²) in [6.45, 7) is 6.98. The van der Waals surface area contributed by atoms with Crippen molar-refractivity contribution in [2.24, 2.45) is 5.92 Å². The van der Waals surface area contributed by atoms with Crippen LogP contribution in [0, 0.1) is 5.92 Å². The number of para-hydroxylation sites is 2. The van der Waals surface area contributed by atoms with E-state index in [4.69, 9.17) is 4.98 Å². The highest BCUT2D eigenvalue weighted by Gasteiger charge is 2.24. The van der Waals surface area contributed by atoms with Crippen LogP contribution < -0.4 is 5.32 Å². The van der Waals surface area contributed by atoms with Crippen LogP contribution in [0.25, 0.3) is 11.0 Å². The monoisotopic (exact) mass is 297 g/mol. The van der Waals surface area contributed by atoms with E-state index < -0.39 is 0 Å². The molecule has 1 aromatic heterocycles. The van der Waals surface area contributed by atoms with E-state index in [0.29, 0.717) is 5.92 Å². The van der Waals surface area contributed by atoms with Crippen molar-refractivity contribution in [3.8, 4) is 0 Å². The predicted molar refractivity (Wildman–Crippen MR) is 88.4 cm³/mol. The van der Waals surface area contributed by atoms with E-state index in [0.717, 1.165) is 23.4 Å². The number of nitrogens with zero attached hydrogens (tertiary/aromatic N) is 2. The molecule has 4 nitrogen and oxygen atoms in total. The molecule has 0 spiro atoms. The van der Waals surface area contributed by atoms with E-state index in [1.807, 2.05) is 32.0 Å². The lowest BCUT2D eigenvalue weighted by molar-refractivity contribution is -0.117. The van der Waals surface area contributed by atoms with E-state index in [-0.39, 0.29) is 11.9 Å². The van der Waals surface area contributed by atoms with Crippen LogP contribution in [0.3, 0.4) is 0 Å². The number of amides is 1. The van der Waals surface area contributed by atoms with Gasteiger partial charge in [-0.2, -0.15) is 0 Å². The smallest absolute Gasteiger partial charge is 0.244 e. The highest BCUT2D eigenvalue weighted by atomic mass is 16.1. The number of hydrogen-bond acceptors (Lipinski definition) is 2. The highest BCUT2D eigenvalue weighted by Crippen LogP contribution is 2.35. The topological polar surface area (TPSA) is 46.9 Å². The third-order valence-electron chi connectivity index (χ3n) is 4.33. The normalized spacial score (nSPS) is 16.8. The van der Waals surface area contributed by atoms with Crippen molar-refractivity contribution in [1.29, 1.82) is 0 Å². The summed E-state index contributed by atoms with van der Waals surface area (Å²) in [6.07, 6.45) is 4.18. The maximum atomic E-state index is 12.2. The Morgan fingerprint density at radius 1 is 1.45 bits per heavy atom. The van der Waals surface area contributed by atoms with Gasteiger partial charge in [-0.05, 0) is 51.7 Å². The molecule has 0 radical (unpaired) electrons. The lowest BCUT2D eigenvalue weighted by Gasteiger charge is -2.14. The first-order valence-electron chi connectivity index (χ1n) is 8.04. The molecular formula is C18H23N3O. The number of nitrogens with one attached hydrogen (secondary N) is 1. The first-order chi connectivity index (χ1) is 10.6. The molecule has 1 atom stereocenters. The highest BCUT2D eigenvalue weighted by molar-refractivity contribution is 5.88. The van der Waals surface area contributed by atoms with E-state index in [1.165, 1.54) is 18.4 Å². The van der Waals surface area contributed by atoms with Crippen LogP contribution in [0.2, 0.25) is 0 Å². The van der Waals surface area contributed by atoms with Crippen molar-refractivity contribution in [2.75, 3.05) is 0 Å². The summed E-state index contributed by atoms with van der Waals surface area (Å²) in [5, 5.41) is 3.05. The Bertz CT molecular complexity index is 725. The Morgan fingerprint density at radius 3 is 2.86 bits per heavy atom. The second kappa shape index (κ2) is 5.95. The van der Waals surface area contributed by atoms with E-state index in [2.05, 4.69) is 22.9 Å². The zero-order valence-electron chi connectivity index (χ0n) is 13.5. The lowest BCUT2D eigenvalue weighted by atomic mass is 10.2. The molecule has 2 aromatic rings. The SMILES string of the molecule is CCn1c(C(C)NC(=O)/C=C(\C)C2CC2)nc2ccccc21. The van der Waals surface area contributed by atoms with Gasteiger partial charge in [0.25, 0.3) is 0 Å². The molecule has 1 saturated carbocycles. The van der Waals surface area contributed by atoms with Gasteiger partial charge in [0.15, 0.2) is 0 Å². The largest absolute Gasteiger partial charge is 0.343 e. The molecule has 1 aromatic carbocycles. The Morgan fingerprint density at radius 2 is 2.18 bits per heavy atom. The number of carbonyl (C=O) groups is 1. The van der Waals surface area contributed by atoms with Gasteiger partial charge in [-0.15, -0.1) is 0 Å². The maximum Gasteiger partial charge on any atom is 0.244 e. The van der Waals surface area contributed by atoms with Crippen molar-refractivity contribution in [3.05, 3.63) is 41.7 Å². The average Bonchev–Trinajstić information content (AvgIpc) is 3.27. The minimum atomic E-state index is -0.108. The summed E-state index contributed by atoms with van der Waals surface area (Å²) >= 11 is 0. The van der Waals surface area contributed by atoms with Crippen molar-refractivity contribution in [2.45, 2.75) is 46.2 Å². The summed E-state index contributed by atoms with van der Waals surface area (Å²) in [7, 11) is 0. The Balaban J connectivity index is 1.81. The molecule has 1 heterocycles. The van der Waals surface area contributed by atoms with Gasteiger partial charge in [-0.25, -0.2) is 4.98 Å². The van der Waals surface area contributed by atoms with Gasteiger partial charge >= 0.3 is 0 Å². The van der Waals surface area contributed by atoms with Crippen LogP contribution in [0.4, 0.5) is 0 Å². The van der Waals surface area contributed by atoms with Crippen molar-refractivity contribution in [1.82, 2.24) is 14.9 Å². The first kappa shape index (κ1) is 14.8. The zero-order chi connectivity index (χ0) is 15.7. The number of imidazole rings is 1. The van der Waals surface area contributed by atoms with E-state index >= 15 is 0 Å². The molecule has 4 heteroatoms. The molecule has 1 amide bonds. The average molecular weight is 297 g/mol. The number of hydrogen-bond donors (Lipinski definition) is 1. The van der Waals surface area contributed by atoms with Gasteiger partial charge in [0.05, 0.1) is 17.1 Å². The van der Waals surface area contributed by atoms with Crippen LogP contribution >= 0.6 is 0 Å². The molecule has 1 unspecified atom stereocenters. The second-order valence-corrected chi connectivity index (χ2v) is 6.10. The number of rotatable bonds is 5. The Hall–Kier alpha value is -2.10. The van der Waals surface area contributed by atoms with Gasteiger partial charge in [0.2, 0.25) is 5.91 Å². The summed E-state index contributed by atoms with van der Waals surface area (Å²) in [6, 6.07) is 7.98. The van der Waals surface area contributed by atoms with Crippen LogP contribution in [-0.2, 0) is 11.3 Å². The van der Waals surface area contributed by atoms with Gasteiger partial charge in [0, 0.05) is 12.6 Å². The summed E-state index contributed by atoms with van der Waals surface area (Å²) in [5.74, 6) is 1.52. The lowest BCUT2D eigenvalue weighted by Crippen LogP contribution is -2.27. The molecule has 1 N–H and O–H groups in total. The van der Waals surface area contributed by atoms with Gasteiger partial charge < -0.3 is 9.88 Å². The van der Waals surface area contributed by atoms with E-state index in [9.17, 15) is 4.79 Å². The summed E-state index contributed by atoms with van der Waals surface area (Å²) in [5.41, 5.74) is 3.28. The number of carbonyl (C=O) groups excluding carboxylic acids is 1.